The third-order valence-electron chi connectivity index (χ3n) is 5.90. The van der Waals surface area contributed by atoms with Gasteiger partial charge in [-0.15, -0.1) is 10.2 Å². The summed E-state index contributed by atoms with van der Waals surface area (Å²) in [6.07, 6.45) is 0.669. The van der Waals surface area contributed by atoms with Crippen molar-refractivity contribution in [2.24, 2.45) is 0 Å². The molecule has 4 atom stereocenters. The van der Waals surface area contributed by atoms with E-state index in [-0.39, 0.29) is 13.2 Å². The Morgan fingerprint density at radius 2 is 1.34 bits per heavy atom. The first-order valence-electron chi connectivity index (χ1n) is 13.6. The fourth-order valence-corrected chi connectivity index (χ4v) is 4.39. The minimum atomic E-state index is -0.723. The molecule has 1 aromatic heterocycles. The zero-order chi connectivity index (χ0) is 31.0. The molecule has 3 rings (SSSR count). The molecule has 0 aromatic carbocycles. The Labute approximate surface area is 239 Å². The Morgan fingerprint density at radius 3 is 1.78 bits per heavy atom. The van der Waals surface area contributed by atoms with Crippen LogP contribution in [-0.4, -0.2) is 97.1 Å². The summed E-state index contributed by atoms with van der Waals surface area (Å²) in [5.74, 6) is -0.567. The minimum absolute atomic E-state index is 0.245. The first-order chi connectivity index (χ1) is 19.1. The summed E-state index contributed by atoms with van der Waals surface area (Å²) in [6.45, 7) is 14.4. The number of carbonyl (C=O) groups excluding carboxylic acids is 4. The molecule has 2 saturated heterocycles. The highest BCUT2D eigenvalue weighted by molar-refractivity contribution is 5.83. The minimum Gasteiger partial charge on any atom is -0.464 e. The molecule has 0 aliphatic carbocycles. The van der Waals surface area contributed by atoms with Gasteiger partial charge in [0.05, 0.1) is 25.3 Å². The molecule has 0 radical (unpaired) electrons. The average Bonchev–Trinajstić information content (AvgIpc) is 3.61. The van der Waals surface area contributed by atoms with Crippen LogP contribution in [0.15, 0.2) is 0 Å². The summed E-state index contributed by atoms with van der Waals surface area (Å²) in [4.78, 5) is 51.1. The van der Waals surface area contributed by atoms with Crippen LogP contribution < -0.4 is 0 Å². The highest BCUT2D eigenvalue weighted by atomic mass is 16.6. The third-order valence-corrected chi connectivity index (χ3v) is 5.90. The maximum atomic E-state index is 12.5. The van der Waals surface area contributed by atoms with Gasteiger partial charge in [-0.1, -0.05) is 5.21 Å². The van der Waals surface area contributed by atoms with E-state index in [2.05, 4.69) is 20.6 Å². The molecule has 0 bridgehead atoms. The molecule has 228 valence electrons. The highest BCUT2D eigenvalue weighted by Gasteiger charge is 2.46. The van der Waals surface area contributed by atoms with Crippen molar-refractivity contribution in [3.63, 3.8) is 0 Å². The lowest BCUT2D eigenvalue weighted by Crippen LogP contribution is -2.47. The summed E-state index contributed by atoms with van der Waals surface area (Å²) in [5, 5.41) is 22.8. The van der Waals surface area contributed by atoms with Crippen molar-refractivity contribution < 1.29 is 38.1 Å². The maximum absolute atomic E-state index is 12.5. The van der Waals surface area contributed by atoms with E-state index < -0.39 is 59.5 Å². The van der Waals surface area contributed by atoms with Gasteiger partial charge in [0.2, 0.25) is 0 Å². The van der Waals surface area contributed by atoms with Crippen molar-refractivity contribution in [1.29, 1.82) is 5.26 Å². The van der Waals surface area contributed by atoms with E-state index in [1.54, 1.807) is 55.4 Å². The molecule has 3 heterocycles. The Balaban J connectivity index is 0.000000290. The van der Waals surface area contributed by atoms with Gasteiger partial charge in [-0.3, -0.25) is 9.80 Å². The highest BCUT2D eigenvalue weighted by Crippen LogP contribution is 2.36. The van der Waals surface area contributed by atoms with Crippen molar-refractivity contribution >= 4 is 24.1 Å². The van der Waals surface area contributed by atoms with Crippen LogP contribution in [0.3, 0.4) is 0 Å². The van der Waals surface area contributed by atoms with Gasteiger partial charge in [0.1, 0.15) is 29.3 Å². The molecular formula is C26H41N7O8. The number of likely N-dealkylation sites (tertiary alicyclic amines) is 2. The predicted octanol–water partition coefficient (Wildman–Crippen LogP) is 3.04. The molecule has 0 saturated carbocycles. The first kappa shape index (κ1) is 33.2. The van der Waals surface area contributed by atoms with E-state index in [0.29, 0.717) is 31.5 Å². The van der Waals surface area contributed by atoms with E-state index in [1.165, 1.54) is 9.80 Å². The second-order valence-electron chi connectivity index (χ2n) is 11.4. The number of rotatable bonds is 5. The number of carbonyl (C=O) groups is 4. The summed E-state index contributed by atoms with van der Waals surface area (Å²) >= 11 is 0. The van der Waals surface area contributed by atoms with Gasteiger partial charge in [0, 0.05) is 0 Å². The summed E-state index contributed by atoms with van der Waals surface area (Å²) in [5.41, 5.74) is -1.33. The standard InChI is InChI=1S/C13H21N5O4.C13H20N2O4/c1-5-21-11(19)9-7-6-8(10-14-16-17-15-10)18(9)12(20)22-13(2,3)4;1-5-18-11(16)10-7-6-9(8-14)15(10)12(17)19-13(2,3)4/h8-9H,5-7H2,1-4H3,(H,14,15,16,17);9-10H,5-7H2,1-4H3/t8-,9+;9-,10+/m11/s1. The summed E-state index contributed by atoms with van der Waals surface area (Å²) in [7, 11) is 0. The zero-order valence-corrected chi connectivity index (χ0v) is 25.0. The fraction of sp³-hybridized carbons (Fsp3) is 0.769. The molecule has 15 heteroatoms. The molecule has 0 spiro atoms. The molecule has 2 fully saturated rings. The molecule has 1 aromatic rings. The van der Waals surface area contributed by atoms with Gasteiger partial charge in [-0.2, -0.15) is 10.5 Å². The Kier molecular flexibility index (Phi) is 11.4. The average molecular weight is 580 g/mol. The third kappa shape index (κ3) is 9.29. The lowest BCUT2D eigenvalue weighted by atomic mass is 10.2. The second-order valence-corrected chi connectivity index (χ2v) is 11.4. The number of hydrogen-bond acceptors (Lipinski definition) is 12. The van der Waals surface area contributed by atoms with Crippen LogP contribution in [0.2, 0.25) is 0 Å². The van der Waals surface area contributed by atoms with Crippen LogP contribution in [0.1, 0.15) is 92.9 Å². The lowest BCUT2D eigenvalue weighted by molar-refractivity contribution is -0.149. The van der Waals surface area contributed by atoms with Gasteiger partial charge >= 0.3 is 24.1 Å². The molecular weight excluding hydrogens is 538 g/mol. The van der Waals surface area contributed by atoms with Crippen LogP contribution >= 0.6 is 0 Å². The summed E-state index contributed by atoms with van der Waals surface area (Å²) < 4.78 is 20.6. The Bertz CT molecular complexity index is 1090. The maximum Gasteiger partial charge on any atom is 0.412 e. The zero-order valence-electron chi connectivity index (χ0n) is 25.0. The molecule has 2 aliphatic heterocycles. The Hall–Kier alpha value is -3.96. The van der Waals surface area contributed by atoms with Gasteiger partial charge in [-0.05, 0) is 81.1 Å². The van der Waals surface area contributed by atoms with Gasteiger partial charge in [0.15, 0.2) is 5.82 Å². The molecule has 15 nitrogen and oxygen atoms in total. The van der Waals surface area contributed by atoms with Crippen molar-refractivity contribution in [3.05, 3.63) is 5.82 Å². The van der Waals surface area contributed by atoms with E-state index in [0.717, 1.165) is 0 Å². The van der Waals surface area contributed by atoms with Crippen LogP contribution in [-0.2, 0) is 28.5 Å². The smallest absolute Gasteiger partial charge is 0.412 e. The number of esters is 2. The number of ether oxygens (including phenoxy) is 4. The predicted molar refractivity (Wildman–Crippen MR) is 142 cm³/mol. The lowest BCUT2D eigenvalue weighted by Gasteiger charge is -2.30. The molecule has 1 N–H and O–H groups in total. The summed E-state index contributed by atoms with van der Waals surface area (Å²) in [6, 6.07) is -0.484. The number of aromatic nitrogens is 4. The van der Waals surface area contributed by atoms with Crippen molar-refractivity contribution in [1.82, 2.24) is 30.4 Å². The molecule has 2 amide bonds. The largest absolute Gasteiger partial charge is 0.464 e. The van der Waals surface area contributed by atoms with E-state index in [4.69, 9.17) is 24.2 Å². The number of nitrogens with zero attached hydrogens (tertiary/aromatic N) is 6. The van der Waals surface area contributed by atoms with E-state index >= 15 is 0 Å². The van der Waals surface area contributed by atoms with Crippen molar-refractivity contribution in [2.45, 2.75) is 116 Å². The van der Waals surface area contributed by atoms with Crippen molar-refractivity contribution in [2.75, 3.05) is 13.2 Å². The van der Waals surface area contributed by atoms with Crippen LogP contribution in [0.4, 0.5) is 9.59 Å². The van der Waals surface area contributed by atoms with Gasteiger partial charge in [0.25, 0.3) is 0 Å². The van der Waals surface area contributed by atoms with Gasteiger partial charge < -0.3 is 18.9 Å². The normalized spacial score (nSPS) is 22.2. The quantitative estimate of drug-likeness (QED) is 0.397. The van der Waals surface area contributed by atoms with Crippen LogP contribution in [0.5, 0.6) is 0 Å². The second kappa shape index (κ2) is 14.1. The molecule has 0 unspecified atom stereocenters. The number of nitrogens with one attached hydrogen (secondary N) is 1. The Morgan fingerprint density at radius 1 is 0.854 bits per heavy atom. The first-order valence-corrected chi connectivity index (χ1v) is 13.6. The van der Waals surface area contributed by atoms with Crippen LogP contribution in [0.25, 0.3) is 0 Å². The number of nitriles is 1. The van der Waals surface area contributed by atoms with E-state index in [1.807, 2.05) is 6.07 Å². The van der Waals surface area contributed by atoms with E-state index in [9.17, 15) is 19.2 Å². The number of H-pyrrole nitrogens is 1. The monoisotopic (exact) mass is 579 g/mol. The number of amides is 2. The van der Waals surface area contributed by atoms with Gasteiger partial charge in [-0.25, -0.2) is 19.2 Å². The van der Waals surface area contributed by atoms with Crippen molar-refractivity contribution in [3.8, 4) is 6.07 Å². The van der Waals surface area contributed by atoms with Crippen LogP contribution in [0, 0.1) is 11.3 Å². The topological polar surface area (TPSA) is 190 Å². The number of tetrazole rings is 1. The fourth-order valence-electron chi connectivity index (χ4n) is 4.39. The SMILES string of the molecule is CCOC(=O)[C@@H]1CC[C@H](C#N)N1C(=O)OC(C)(C)C.CCOC(=O)[C@@H]1CC[C@H](c2nn[nH]n2)N1C(=O)OC(C)(C)C. The number of hydrogen-bond donors (Lipinski definition) is 1. The molecule has 41 heavy (non-hydrogen) atoms. The molecule has 2 aliphatic rings. The number of aromatic amines is 1.